The van der Waals surface area contributed by atoms with Crippen LogP contribution < -0.4 is 5.32 Å². The number of para-hydroxylation sites is 1. The van der Waals surface area contributed by atoms with Crippen LogP contribution in [0.5, 0.6) is 0 Å². The summed E-state index contributed by atoms with van der Waals surface area (Å²) >= 11 is 0. The number of aryl methyl sites for hydroxylation is 1. The normalized spacial score (nSPS) is 10.9. The molecule has 0 aliphatic carbocycles. The molecule has 0 spiro atoms. The number of amides is 1. The van der Waals surface area contributed by atoms with Crippen molar-refractivity contribution in [3.05, 3.63) is 54.7 Å². The van der Waals surface area contributed by atoms with Crippen LogP contribution in [0.3, 0.4) is 0 Å². The third-order valence-electron chi connectivity index (χ3n) is 3.55. The minimum Gasteiger partial charge on any atom is -0.361 e. The number of imidazole rings is 1. The number of aromatic nitrogens is 3. The van der Waals surface area contributed by atoms with Gasteiger partial charge in [0, 0.05) is 49.0 Å². The van der Waals surface area contributed by atoms with Crippen LogP contribution in [0.2, 0.25) is 0 Å². The molecule has 108 valence electrons. The number of aromatic amines is 1. The van der Waals surface area contributed by atoms with Crippen LogP contribution in [0.4, 0.5) is 0 Å². The van der Waals surface area contributed by atoms with Crippen LogP contribution in [0.25, 0.3) is 10.9 Å². The molecule has 0 fully saturated rings. The zero-order valence-corrected chi connectivity index (χ0v) is 11.7. The Labute approximate surface area is 123 Å². The summed E-state index contributed by atoms with van der Waals surface area (Å²) in [4.78, 5) is 19.0. The van der Waals surface area contributed by atoms with E-state index in [9.17, 15) is 4.79 Å². The van der Waals surface area contributed by atoms with Crippen LogP contribution >= 0.6 is 0 Å². The Balaban J connectivity index is 1.46. The number of H-pyrrole nitrogens is 1. The van der Waals surface area contributed by atoms with Crippen molar-refractivity contribution in [3.8, 4) is 0 Å². The van der Waals surface area contributed by atoms with E-state index in [2.05, 4.69) is 27.4 Å². The minimum absolute atomic E-state index is 0.0727. The van der Waals surface area contributed by atoms with Gasteiger partial charge in [-0.15, -0.1) is 0 Å². The molecule has 0 saturated carbocycles. The quantitative estimate of drug-likeness (QED) is 0.727. The number of nitrogens with zero attached hydrogens (tertiary/aromatic N) is 2. The van der Waals surface area contributed by atoms with Crippen molar-refractivity contribution in [3.63, 3.8) is 0 Å². The van der Waals surface area contributed by atoms with E-state index in [4.69, 9.17) is 0 Å². The number of nitrogens with one attached hydrogen (secondary N) is 2. The van der Waals surface area contributed by atoms with Gasteiger partial charge in [0.2, 0.25) is 5.91 Å². The zero-order valence-electron chi connectivity index (χ0n) is 11.7. The van der Waals surface area contributed by atoms with Crippen molar-refractivity contribution in [2.45, 2.75) is 19.4 Å². The molecule has 1 aromatic carbocycles. The van der Waals surface area contributed by atoms with E-state index in [0.717, 1.165) is 11.9 Å². The lowest BCUT2D eigenvalue weighted by Gasteiger charge is -2.05. The maximum absolute atomic E-state index is 11.8. The van der Waals surface area contributed by atoms with Crippen LogP contribution in [-0.4, -0.2) is 27.0 Å². The maximum Gasteiger partial charge on any atom is 0.221 e. The van der Waals surface area contributed by atoms with Crippen molar-refractivity contribution in [1.82, 2.24) is 19.9 Å². The summed E-state index contributed by atoms with van der Waals surface area (Å²) in [6, 6.07) is 8.20. The van der Waals surface area contributed by atoms with Crippen molar-refractivity contribution < 1.29 is 4.79 Å². The third-order valence-corrected chi connectivity index (χ3v) is 3.55. The number of benzene rings is 1. The van der Waals surface area contributed by atoms with Crippen LogP contribution in [0.15, 0.2) is 49.2 Å². The summed E-state index contributed by atoms with van der Waals surface area (Å²) in [6.45, 7) is 1.32. The average molecular weight is 282 g/mol. The first kappa shape index (κ1) is 13.4. The molecule has 0 bridgehead atoms. The monoisotopic (exact) mass is 282 g/mol. The molecule has 5 heteroatoms. The topological polar surface area (TPSA) is 62.7 Å². The highest BCUT2D eigenvalue weighted by Gasteiger charge is 2.04. The molecule has 21 heavy (non-hydrogen) atoms. The Morgan fingerprint density at radius 3 is 3.10 bits per heavy atom. The standard InChI is InChI=1S/C16H18N4O/c21-16(6-9-20-10-8-17-12-20)18-7-5-13-11-19-15-4-2-1-3-14(13)15/h1-4,8,10-12,19H,5-7,9H2,(H,18,21). The van der Waals surface area contributed by atoms with Gasteiger partial charge in [-0.3, -0.25) is 4.79 Å². The molecule has 0 unspecified atom stereocenters. The highest BCUT2D eigenvalue weighted by Crippen LogP contribution is 2.17. The number of carbonyl (C=O) groups is 1. The summed E-state index contributed by atoms with van der Waals surface area (Å²) in [5.74, 6) is 0.0727. The molecular weight excluding hydrogens is 264 g/mol. The number of carbonyl (C=O) groups excluding carboxylic acids is 1. The van der Waals surface area contributed by atoms with Gasteiger partial charge in [-0.05, 0) is 18.1 Å². The first-order valence-electron chi connectivity index (χ1n) is 7.10. The molecule has 1 amide bonds. The lowest BCUT2D eigenvalue weighted by molar-refractivity contribution is -0.121. The Kier molecular flexibility index (Phi) is 4.00. The van der Waals surface area contributed by atoms with Gasteiger partial charge < -0.3 is 14.9 Å². The molecule has 0 saturated heterocycles. The SMILES string of the molecule is O=C(CCn1ccnc1)NCCc1c[nH]c2ccccc12. The second-order valence-electron chi connectivity index (χ2n) is 5.01. The van der Waals surface area contributed by atoms with E-state index in [1.54, 1.807) is 12.5 Å². The molecule has 2 aromatic heterocycles. The Morgan fingerprint density at radius 1 is 1.33 bits per heavy atom. The van der Waals surface area contributed by atoms with E-state index in [1.807, 2.05) is 29.1 Å². The summed E-state index contributed by atoms with van der Waals surface area (Å²) < 4.78 is 1.90. The molecule has 2 heterocycles. The van der Waals surface area contributed by atoms with Gasteiger partial charge in [0.05, 0.1) is 6.33 Å². The van der Waals surface area contributed by atoms with Crippen LogP contribution in [-0.2, 0) is 17.8 Å². The smallest absolute Gasteiger partial charge is 0.221 e. The summed E-state index contributed by atoms with van der Waals surface area (Å²) in [5.41, 5.74) is 2.37. The van der Waals surface area contributed by atoms with Crippen molar-refractivity contribution in [1.29, 1.82) is 0 Å². The van der Waals surface area contributed by atoms with E-state index >= 15 is 0 Å². The van der Waals surface area contributed by atoms with Gasteiger partial charge in [0.15, 0.2) is 0 Å². The maximum atomic E-state index is 11.8. The number of hydrogen-bond donors (Lipinski definition) is 2. The van der Waals surface area contributed by atoms with Crippen LogP contribution in [0.1, 0.15) is 12.0 Å². The van der Waals surface area contributed by atoms with E-state index in [0.29, 0.717) is 19.5 Å². The first-order valence-corrected chi connectivity index (χ1v) is 7.10. The highest BCUT2D eigenvalue weighted by atomic mass is 16.1. The molecule has 0 aliphatic heterocycles. The number of fused-ring (bicyclic) bond motifs is 1. The number of rotatable bonds is 6. The van der Waals surface area contributed by atoms with E-state index < -0.39 is 0 Å². The average Bonchev–Trinajstić information content (AvgIpc) is 3.15. The zero-order chi connectivity index (χ0) is 14.5. The molecule has 0 radical (unpaired) electrons. The predicted octanol–water partition coefficient (Wildman–Crippen LogP) is 2.11. The third kappa shape index (κ3) is 3.31. The van der Waals surface area contributed by atoms with Gasteiger partial charge in [0.1, 0.15) is 0 Å². The van der Waals surface area contributed by atoms with E-state index in [1.165, 1.54) is 10.9 Å². The fourth-order valence-corrected chi connectivity index (χ4v) is 2.41. The fraction of sp³-hybridized carbons (Fsp3) is 0.250. The van der Waals surface area contributed by atoms with E-state index in [-0.39, 0.29) is 5.91 Å². The van der Waals surface area contributed by atoms with Gasteiger partial charge in [-0.1, -0.05) is 18.2 Å². The largest absolute Gasteiger partial charge is 0.361 e. The summed E-state index contributed by atoms with van der Waals surface area (Å²) in [6.07, 6.45) is 8.63. The van der Waals surface area contributed by atoms with Gasteiger partial charge in [0.25, 0.3) is 0 Å². The van der Waals surface area contributed by atoms with Crippen molar-refractivity contribution >= 4 is 16.8 Å². The van der Waals surface area contributed by atoms with Crippen molar-refractivity contribution in [2.75, 3.05) is 6.54 Å². The molecule has 0 atom stereocenters. The van der Waals surface area contributed by atoms with Gasteiger partial charge in [-0.2, -0.15) is 0 Å². The second-order valence-corrected chi connectivity index (χ2v) is 5.01. The van der Waals surface area contributed by atoms with Gasteiger partial charge >= 0.3 is 0 Å². The molecule has 2 N–H and O–H groups in total. The Bertz CT molecular complexity index is 715. The second kappa shape index (κ2) is 6.26. The highest BCUT2D eigenvalue weighted by molar-refractivity contribution is 5.83. The lowest BCUT2D eigenvalue weighted by Crippen LogP contribution is -2.26. The fourth-order valence-electron chi connectivity index (χ4n) is 2.41. The number of hydrogen-bond acceptors (Lipinski definition) is 2. The molecule has 0 aliphatic rings. The predicted molar refractivity (Wildman–Crippen MR) is 81.9 cm³/mol. The first-order chi connectivity index (χ1) is 10.3. The van der Waals surface area contributed by atoms with Crippen molar-refractivity contribution in [2.24, 2.45) is 0 Å². The molecule has 3 aromatic rings. The summed E-state index contributed by atoms with van der Waals surface area (Å²) in [7, 11) is 0. The minimum atomic E-state index is 0.0727. The van der Waals surface area contributed by atoms with Crippen LogP contribution in [0, 0.1) is 0 Å². The molecule has 5 nitrogen and oxygen atoms in total. The van der Waals surface area contributed by atoms with Gasteiger partial charge in [-0.25, -0.2) is 4.98 Å². The Hall–Kier alpha value is -2.56. The Morgan fingerprint density at radius 2 is 2.24 bits per heavy atom. The molecular formula is C16H18N4O. The lowest BCUT2D eigenvalue weighted by atomic mass is 10.1. The molecule has 3 rings (SSSR count). The summed E-state index contributed by atoms with van der Waals surface area (Å²) in [5, 5.41) is 4.19.